The molecule has 0 unspecified atom stereocenters. The van der Waals surface area contributed by atoms with Crippen LogP contribution in [0.15, 0.2) is 42.5 Å². The molecule has 0 atom stereocenters. The fourth-order valence-corrected chi connectivity index (χ4v) is 2.48. The third kappa shape index (κ3) is 4.35. The first kappa shape index (κ1) is 18.4. The number of nitrogens with one attached hydrogen (secondary N) is 2. The van der Waals surface area contributed by atoms with Crippen LogP contribution in [-0.2, 0) is 5.54 Å². The Kier molecular flexibility index (Phi) is 5.75. The number of benzene rings is 2. The van der Waals surface area contributed by atoms with Gasteiger partial charge in [0, 0.05) is 0 Å². The maximum absolute atomic E-state index is 12.4. The van der Waals surface area contributed by atoms with E-state index < -0.39 is 5.54 Å². The molecule has 6 heteroatoms. The Balaban J connectivity index is 2.16. The average molecular weight is 344 g/mol. The maximum atomic E-state index is 12.4. The normalized spacial score (nSPS) is 10.8. The average Bonchev–Trinajstić information content (AvgIpc) is 2.60. The van der Waals surface area contributed by atoms with E-state index in [0.717, 1.165) is 5.56 Å². The monoisotopic (exact) mass is 344 g/mol. The van der Waals surface area contributed by atoms with Crippen LogP contribution in [0.2, 0.25) is 0 Å². The van der Waals surface area contributed by atoms with Crippen LogP contribution >= 0.6 is 0 Å². The van der Waals surface area contributed by atoms with Gasteiger partial charge in [-0.25, -0.2) is 4.79 Å². The highest BCUT2D eigenvalue weighted by Gasteiger charge is 2.24. The van der Waals surface area contributed by atoms with Crippen molar-refractivity contribution in [2.24, 2.45) is 0 Å². The van der Waals surface area contributed by atoms with Gasteiger partial charge in [-0.1, -0.05) is 18.2 Å². The standard InChI is InChI=1S/C19H24N2O4/c1-19(2,13-10-11-16(24-4)17(12-13)25-5)21-18(22)20-14-8-6-7-9-15(14)23-3/h6-12H,1-5H3,(H2,20,21,22). The molecule has 0 fully saturated rings. The van der Waals surface area contributed by atoms with Crippen LogP contribution in [-0.4, -0.2) is 27.4 Å². The van der Waals surface area contributed by atoms with Crippen LogP contribution in [0.25, 0.3) is 0 Å². The zero-order chi connectivity index (χ0) is 18.4. The Morgan fingerprint density at radius 2 is 1.52 bits per heavy atom. The quantitative estimate of drug-likeness (QED) is 0.837. The van der Waals surface area contributed by atoms with Gasteiger partial charge in [0.15, 0.2) is 11.5 Å². The minimum absolute atomic E-state index is 0.329. The molecule has 2 N–H and O–H groups in total. The van der Waals surface area contributed by atoms with E-state index in [1.165, 1.54) is 0 Å². The van der Waals surface area contributed by atoms with Gasteiger partial charge in [-0.3, -0.25) is 0 Å². The number of urea groups is 1. The van der Waals surface area contributed by atoms with E-state index in [2.05, 4.69) is 10.6 Å². The van der Waals surface area contributed by atoms with Crippen molar-refractivity contribution in [2.75, 3.05) is 26.6 Å². The molecule has 0 aromatic heterocycles. The van der Waals surface area contributed by atoms with E-state index in [-0.39, 0.29) is 6.03 Å². The molecule has 0 saturated heterocycles. The van der Waals surface area contributed by atoms with Crippen molar-refractivity contribution in [3.63, 3.8) is 0 Å². The van der Waals surface area contributed by atoms with Crippen molar-refractivity contribution in [3.8, 4) is 17.2 Å². The SMILES string of the molecule is COc1ccccc1NC(=O)NC(C)(C)c1ccc(OC)c(OC)c1. The molecule has 0 bridgehead atoms. The van der Waals surface area contributed by atoms with E-state index in [1.807, 2.05) is 44.2 Å². The van der Waals surface area contributed by atoms with Crippen molar-refractivity contribution >= 4 is 11.7 Å². The van der Waals surface area contributed by atoms with Crippen LogP contribution in [0.3, 0.4) is 0 Å². The lowest BCUT2D eigenvalue weighted by Crippen LogP contribution is -2.43. The number of hydrogen-bond donors (Lipinski definition) is 2. The van der Waals surface area contributed by atoms with E-state index in [1.54, 1.807) is 33.5 Å². The molecule has 0 radical (unpaired) electrons. The van der Waals surface area contributed by atoms with Crippen LogP contribution < -0.4 is 24.8 Å². The number of methoxy groups -OCH3 is 3. The number of carbonyl (C=O) groups is 1. The van der Waals surface area contributed by atoms with Gasteiger partial charge in [-0.15, -0.1) is 0 Å². The summed E-state index contributed by atoms with van der Waals surface area (Å²) in [6.45, 7) is 3.83. The third-order valence-corrected chi connectivity index (χ3v) is 3.89. The lowest BCUT2D eigenvalue weighted by atomic mass is 9.94. The number of ether oxygens (including phenoxy) is 3. The second-order valence-corrected chi connectivity index (χ2v) is 5.97. The highest BCUT2D eigenvalue weighted by Crippen LogP contribution is 2.32. The van der Waals surface area contributed by atoms with Gasteiger partial charge in [-0.2, -0.15) is 0 Å². The van der Waals surface area contributed by atoms with Crippen molar-refractivity contribution in [1.29, 1.82) is 0 Å². The van der Waals surface area contributed by atoms with Gasteiger partial charge in [0.05, 0.1) is 32.6 Å². The van der Waals surface area contributed by atoms with E-state index in [9.17, 15) is 4.79 Å². The topological polar surface area (TPSA) is 68.8 Å². The van der Waals surface area contributed by atoms with Crippen LogP contribution in [0.1, 0.15) is 19.4 Å². The zero-order valence-corrected chi connectivity index (χ0v) is 15.2. The highest BCUT2D eigenvalue weighted by molar-refractivity contribution is 5.91. The molecule has 2 aromatic carbocycles. The lowest BCUT2D eigenvalue weighted by Gasteiger charge is -2.28. The molecule has 0 aliphatic heterocycles. The molecular weight excluding hydrogens is 320 g/mol. The van der Waals surface area contributed by atoms with Gasteiger partial charge in [0.2, 0.25) is 0 Å². The summed E-state index contributed by atoms with van der Waals surface area (Å²) in [7, 11) is 4.73. The molecule has 134 valence electrons. The number of anilines is 1. The molecular formula is C19H24N2O4. The maximum Gasteiger partial charge on any atom is 0.320 e. The second kappa shape index (κ2) is 7.79. The van der Waals surface area contributed by atoms with Gasteiger partial charge in [0.1, 0.15) is 5.75 Å². The first-order chi connectivity index (χ1) is 11.9. The van der Waals surface area contributed by atoms with Gasteiger partial charge < -0.3 is 24.8 Å². The van der Waals surface area contributed by atoms with Crippen LogP contribution in [0, 0.1) is 0 Å². The summed E-state index contributed by atoms with van der Waals surface area (Å²) in [6, 6.07) is 12.5. The fourth-order valence-electron chi connectivity index (χ4n) is 2.48. The Bertz CT molecular complexity index is 744. The summed E-state index contributed by atoms with van der Waals surface area (Å²) >= 11 is 0. The van der Waals surface area contributed by atoms with Crippen molar-refractivity contribution in [2.45, 2.75) is 19.4 Å². The summed E-state index contributed by atoms with van der Waals surface area (Å²) in [5, 5.41) is 5.77. The first-order valence-corrected chi connectivity index (χ1v) is 7.86. The Labute approximate surface area is 148 Å². The molecule has 2 amide bonds. The van der Waals surface area contributed by atoms with Crippen LogP contribution in [0.4, 0.5) is 10.5 Å². The Hall–Kier alpha value is -2.89. The Morgan fingerprint density at radius 3 is 2.16 bits per heavy atom. The number of hydrogen-bond acceptors (Lipinski definition) is 4. The minimum Gasteiger partial charge on any atom is -0.495 e. The Morgan fingerprint density at radius 1 is 0.880 bits per heavy atom. The van der Waals surface area contributed by atoms with Gasteiger partial charge in [0.25, 0.3) is 0 Å². The molecule has 6 nitrogen and oxygen atoms in total. The minimum atomic E-state index is -0.619. The summed E-state index contributed by atoms with van der Waals surface area (Å²) in [5.74, 6) is 1.85. The highest BCUT2D eigenvalue weighted by atomic mass is 16.5. The van der Waals surface area contributed by atoms with E-state index >= 15 is 0 Å². The van der Waals surface area contributed by atoms with Crippen molar-refractivity contribution < 1.29 is 19.0 Å². The van der Waals surface area contributed by atoms with Gasteiger partial charge >= 0.3 is 6.03 Å². The number of carbonyl (C=O) groups excluding carboxylic acids is 1. The van der Waals surface area contributed by atoms with Crippen molar-refractivity contribution in [1.82, 2.24) is 5.32 Å². The smallest absolute Gasteiger partial charge is 0.320 e. The van der Waals surface area contributed by atoms with Crippen LogP contribution in [0.5, 0.6) is 17.2 Å². The van der Waals surface area contributed by atoms with Crippen molar-refractivity contribution in [3.05, 3.63) is 48.0 Å². The molecule has 0 saturated carbocycles. The van der Waals surface area contributed by atoms with E-state index in [0.29, 0.717) is 22.9 Å². The third-order valence-electron chi connectivity index (χ3n) is 3.89. The number of para-hydroxylation sites is 2. The summed E-state index contributed by atoms with van der Waals surface area (Å²) in [6.07, 6.45) is 0. The summed E-state index contributed by atoms with van der Waals surface area (Å²) in [4.78, 5) is 12.4. The van der Waals surface area contributed by atoms with E-state index in [4.69, 9.17) is 14.2 Å². The predicted molar refractivity (Wildman–Crippen MR) is 97.7 cm³/mol. The van der Waals surface area contributed by atoms with Gasteiger partial charge in [-0.05, 0) is 43.7 Å². The second-order valence-electron chi connectivity index (χ2n) is 5.97. The summed E-state index contributed by atoms with van der Waals surface area (Å²) in [5.41, 5.74) is 0.872. The molecule has 0 spiro atoms. The summed E-state index contributed by atoms with van der Waals surface area (Å²) < 4.78 is 15.8. The molecule has 2 rings (SSSR count). The molecule has 2 aromatic rings. The zero-order valence-electron chi connectivity index (χ0n) is 15.2. The molecule has 0 aliphatic rings. The molecule has 0 aliphatic carbocycles. The largest absolute Gasteiger partial charge is 0.495 e. The lowest BCUT2D eigenvalue weighted by molar-refractivity contribution is 0.241. The number of amides is 2. The molecule has 25 heavy (non-hydrogen) atoms. The fraction of sp³-hybridized carbons (Fsp3) is 0.316. The molecule has 0 heterocycles. The predicted octanol–water partition coefficient (Wildman–Crippen LogP) is 3.77. The number of rotatable bonds is 6. The first-order valence-electron chi connectivity index (χ1n) is 7.86.